The van der Waals surface area contributed by atoms with Crippen LogP contribution in [0, 0.1) is 13.8 Å². The molecule has 0 saturated carbocycles. The van der Waals surface area contributed by atoms with E-state index in [0.29, 0.717) is 22.5 Å². The maximum Gasteiger partial charge on any atom is 0.340 e. The second-order valence-corrected chi connectivity index (χ2v) is 7.18. The van der Waals surface area contributed by atoms with Gasteiger partial charge in [-0.05, 0) is 56.5 Å². The van der Waals surface area contributed by atoms with E-state index >= 15 is 0 Å². The Hall–Kier alpha value is -3.41. The largest absolute Gasteiger partial charge is 0.459 e. The van der Waals surface area contributed by atoms with E-state index in [2.05, 4.69) is 15.3 Å². The summed E-state index contributed by atoms with van der Waals surface area (Å²) in [6.07, 6.45) is 3.16. The van der Waals surface area contributed by atoms with Gasteiger partial charge in [-0.15, -0.1) is 0 Å². The maximum atomic E-state index is 13.1. The number of pyridine rings is 1. The second-order valence-electron chi connectivity index (χ2n) is 7.18. The van der Waals surface area contributed by atoms with Gasteiger partial charge in [0.15, 0.2) is 0 Å². The number of nitrogens with zero attached hydrogens (tertiary/aromatic N) is 1. The zero-order valence-electron chi connectivity index (χ0n) is 17.0. The van der Waals surface area contributed by atoms with Crippen LogP contribution in [-0.4, -0.2) is 27.9 Å². The number of amides is 1. The van der Waals surface area contributed by atoms with Crippen LogP contribution < -0.4 is 5.32 Å². The van der Waals surface area contributed by atoms with E-state index in [0.717, 1.165) is 11.1 Å². The summed E-state index contributed by atoms with van der Waals surface area (Å²) in [6, 6.07) is 13.1. The predicted molar refractivity (Wildman–Crippen MR) is 111 cm³/mol. The normalized spacial score (nSPS) is 11.9. The number of carbonyl (C=O) groups is 2. The first-order valence-corrected chi connectivity index (χ1v) is 9.54. The smallest absolute Gasteiger partial charge is 0.340 e. The monoisotopic (exact) mass is 391 g/mol. The zero-order chi connectivity index (χ0) is 21.0. The van der Waals surface area contributed by atoms with Crippen LogP contribution in [0.15, 0.2) is 54.9 Å². The Morgan fingerprint density at radius 2 is 1.62 bits per heavy atom. The Morgan fingerprint density at radius 1 is 1.00 bits per heavy atom. The highest BCUT2D eigenvalue weighted by Gasteiger charge is 2.25. The SMILES string of the molecule is Cc1[nH]c(C(=O)NC(c2ccccc2)c2ccncc2)c(C)c1C(=O)OC(C)C. The number of hydrogen-bond donors (Lipinski definition) is 2. The van der Waals surface area contributed by atoms with Crippen LogP contribution in [0.25, 0.3) is 0 Å². The standard InChI is InChI=1S/C23H25N3O3/c1-14(2)29-23(28)19-15(3)20(25-16(19)4)22(27)26-21(17-8-6-5-7-9-17)18-10-12-24-13-11-18/h5-14,21,25H,1-4H3,(H,26,27). The third-order valence-electron chi connectivity index (χ3n) is 4.66. The molecule has 0 radical (unpaired) electrons. The van der Waals surface area contributed by atoms with Gasteiger partial charge in [-0.1, -0.05) is 30.3 Å². The summed E-state index contributed by atoms with van der Waals surface area (Å²) in [5.74, 6) is -0.723. The lowest BCUT2D eigenvalue weighted by Gasteiger charge is -2.19. The molecule has 1 aromatic carbocycles. The van der Waals surface area contributed by atoms with Crippen molar-refractivity contribution in [2.75, 3.05) is 0 Å². The Balaban J connectivity index is 1.92. The van der Waals surface area contributed by atoms with Crippen LogP contribution in [0.1, 0.15) is 63.1 Å². The fourth-order valence-corrected chi connectivity index (χ4v) is 3.32. The molecule has 0 aliphatic rings. The molecule has 29 heavy (non-hydrogen) atoms. The molecule has 3 aromatic rings. The van der Waals surface area contributed by atoms with Gasteiger partial charge in [0.2, 0.25) is 0 Å². The van der Waals surface area contributed by atoms with Crippen molar-refractivity contribution in [1.82, 2.24) is 15.3 Å². The van der Waals surface area contributed by atoms with Gasteiger partial charge in [-0.3, -0.25) is 9.78 Å². The Morgan fingerprint density at radius 3 is 2.24 bits per heavy atom. The molecule has 2 N–H and O–H groups in total. The summed E-state index contributed by atoms with van der Waals surface area (Å²) in [4.78, 5) is 32.7. The Bertz CT molecular complexity index is 955. The minimum absolute atomic E-state index is 0.234. The number of carbonyl (C=O) groups excluding carboxylic acids is 2. The molecule has 2 heterocycles. The van der Waals surface area contributed by atoms with Crippen LogP contribution in [0.5, 0.6) is 0 Å². The minimum Gasteiger partial charge on any atom is -0.459 e. The second kappa shape index (κ2) is 8.73. The molecule has 0 saturated heterocycles. The summed E-state index contributed by atoms with van der Waals surface area (Å²) in [7, 11) is 0. The highest BCUT2D eigenvalue weighted by Crippen LogP contribution is 2.24. The lowest BCUT2D eigenvalue weighted by molar-refractivity contribution is 0.0376. The van der Waals surface area contributed by atoms with Crippen LogP contribution in [0.4, 0.5) is 0 Å². The van der Waals surface area contributed by atoms with E-state index < -0.39 is 5.97 Å². The quantitative estimate of drug-likeness (QED) is 0.619. The number of aromatic nitrogens is 2. The summed E-state index contributed by atoms with van der Waals surface area (Å²) in [5, 5.41) is 3.08. The number of aromatic amines is 1. The molecule has 0 aliphatic carbocycles. The molecule has 6 heteroatoms. The van der Waals surface area contributed by atoms with Gasteiger partial charge in [0.25, 0.3) is 5.91 Å². The van der Waals surface area contributed by atoms with Crippen molar-refractivity contribution in [2.24, 2.45) is 0 Å². The van der Waals surface area contributed by atoms with E-state index in [1.807, 2.05) is 42.5 Å². The predicted octanol–water partition coefficient (Wildman–Crippen LogP) is 4.11. The molecule has 6 nitrogen and oxygen atoms in total. The molecular weight excluding hydrogens is 366 g/mol. The lowest BCUT2D eigenvalue weighted by Crippen LogP contribution is -2.30. The summed E-state index contributed by atoms with van der Waals surface area (Å²) in [6.45, 7) is 7.10. The summed E-state index contributed by atoms with van der Waals surface area (Å²) >= 11 is 0. The topological polar surface area (TPSA) is 84.1 Å². The first-order chi connectivity index (χ1) is 13.9. The van der Waals surface area contributed by atoms with Crippen molar-refractivity contribution >= 4 is 11.9 Å². The van der Waals surface area contributed by atoms with Crippen molar-refractivity contribution in [3.63, 3.8) is 0 Å². The molecule has 0 spiro atoms. The molecule has 1 atom stereocenters. The molecule has 2 aromatic heterocycles. The van der Waals surface area contributed by atoms with Crippen LogP contribution in [0.2, 0.25) is 0 Å². The summed E-state index contributed by atoms with van der Waals surface area (Å²) in [5.41, 5.74) is 3.82. The number of rotatable bonds is 6. The number of hydrogen-bond acceptors (Lipinski definition) is 4. The molecule has 0 bridgehead atoms. The van der Waals surface area contributed by atoms with Crippen molar-refractivity contribution < 1.29 is 14.3 Å². The van der Waals surface area contributed by atoms with Crippen LogP contribution in [-0.2, 0) is 4.74 Å². The van der Waals surface area contributed by atoms with E-state index in [1.54, 1.807) is 40.1 Å². The average molecular weight is 391 g/mol. The van der Waals surface area contributed by atoms with Gasteiger partial charge in [0.05, 0.1) is 17.7 Å². The molecule has 1 unspecified atom stereocenters. The highest BCUT2D eigenvalue weighted by molar-refractivity contribution is 6.00. The maximum absolute atomic E-state index is 13.1. The van der Waals surface area contributed by atoms with E-state index in [1.165, 1.54) is 0 Å². The minimum atomic E-state index is -0.431. The van der Waals surface area contributed by atoms with Gasteiger partial charge in [-0.25, -0.2) is 4.79 Å². The summed E-state index contributed by atoms with van der Waals surface area (Å²) < 4.78 is 5.31. The Kier molecular flexibility index (Phi) is 6.12. The molecule has 3 rings (SSSR count). The number of aryl methyl sites for hydroxylation is 1. The molecular formula is C23H25N3O3. The first kappa shape index (κ1) is 20.3. The van der Waals surface area contributed by atoms with Gasteiger partial charge in [-0.2, -0.15) is 0 Å². The van der Waals surface area contributed by atoms with Gasteiger partial charge >= 0.3 is 5.97 Å². The van der Waals surface area contributed by atoms with E-state index in [9.17, 15) is 9.59 Å². The zero-order valence-corrected chi connectivity index (χ0v) is 17.0. The lowest BCUT2D eigenvalue weighted by atomic mass is 9.99. The third kappa shape index (κ3) is 4.54. The van der Waals surface area contributed by atoms with Crippen molar-refractivity contribution in [3.8, 4) is 0 Å². The van der Waals surface area contributed by atoms with Crippen molar-refractivity contribution in [1.29, 1.82) is 0 Å². The van der Waals surface area contributed by atoms with E-state index in [4.69, 9.17) is 4.74 Å². The van der Waals surface area contributed by atoms with Crippen molar-refractivity contribution in [3.05, 3.63) is 88.5 Å². The number of nitrogens with one attached hydrogen (secondary N) is 2. The molecule has 150 valence electrons. The van der Waals surface area contributed by atoms with Gasteiger partial charge in [0, 0.05) is 18.1 Å². The number of H-pyrrole nitrogens is 1. The molecule has 1 amide bonds. The average Bonchev–Trinajstić information content (AvgIpc) is 3.01. The van der Waals surface area contributed by atoms with Gasteiger partial charge < -0.3 is 15.0 Å². The first-order valence-electron chi connectivity index (χ1n) is 9.54. The van der Waals surface area contributed by atoms with Crippen molar-refractivity contribution in [2.45, 2.75) is 39.8 Å². The third-order valence-corrected chi connectivity index (χ3v) is 4.66. The van der Waals surface area contributed by atoms with Crippen LogP contribution in [0.3, 0.4) is 0 Å². The Labute approximate surface area is 170 Å². The molecule has 0 fully saturated rings. The van der Waals surface area contributed by atoms with Gasteiger partial charge in [0.1, 0.15) is 5.69 Å². The van der Waals surface area contributed by atoms with E-state index in [-0.39, 0.29) is 18.1 Å². The number of esters is 1. The van der Waals surface area contributed by atoms with Crippen LogP contribution >= 0.6 is 0 Å². The fraction of sp³-hybridized carbons (Fsp3) is 0.261. The number of ether oxygens (including phenoxy) is 1. The highest BCUT2D eigenvalue weighted by atomic mass is 16.5. The number of benzene rings is 1. The fourth-order valence-electron chi connectivity index (χ4n) is 3.32. The molecule has 0 aliphatic heterocycles.